The second-order valence-corrected chi connectivity index (χ2v) is 6.49. The third kappa shape index (κ3) is 6.84. The second kappa shape index (κ2) is 11.3. The molecule has 2 aromatic carbocycles. The molecule has 2 aromatic rings. The van der Waals surface area contributed by atoms with Gasteiger partial charge in [-0.05, 0) is 55.0 Å². The number of carbonyl (C=O) groups excluding carboxylic acids is 1. The van der Waals surface area contributed by atoms with Crippen molar-refractivity contribution in [3.05, 3.63) is 59.7 Å². The number of hydrogen-bond acceptors (Lipinski definition) is 3. The Morgan fingerprint density at radius 1 is 1.15 bits per heavy atom. The molecule has 1 aliphatic heterocycles. The number of carbonyl (C=O) groups is 1. The first kappa shape index (κ1) is 19.9. The maximum Gasteiger partial charge on any atom is 0.224 e. The number of ether oxygens (including phenoxy) is 1. The Morgan fingerprint density at radius 2 is 1.96 bits per heavy atom. The highest BCUT2D eigenvalue weighted by atomic mass is 32.1. The van der Waals surface area contributed by atoms with Crippen LogP contribution < -0.4 is 10.1 Å². The van der Waals surface area contributed by atoms with Gasteiger partial charge in [0.15, 0.2) is 0 Å². The highest BCUT2D eigenvalue weighted by molar-refractivity contribution is 7.64. The Hall–Kier alpha value is -2.40. The van der Waals surface area contributed by atoms with Gasteiger partial charge in [-0.2, -0.15) is 0 Å². The van der Waals surface area contributed by atoms with Crippen molar-refractivity contribution in [2.75, 3.05) is 11.9 Å². The minimum Gasteiger partial charge on any atom is -0.494 e. The lowest BCUT2D eigenvalue weighted by atomic mass is 10.0. The first-order valence-corrected chi connectivity index (χ1v) is 9.73. The molecule has 138 valence electrons. The number of unbranched alkanes of at least 4 members (excludes halogenated alkanes) is 1. The van der Waals surface area contributed by atoms with Crippen LogP contribution in [0.2, 0.25) is 0 Å². The van der Waals surface area contributed by atoms with E-state index in [4.69, 9.17) is 4.74 Å². The van der Waals surface area contributed by atoms with Crippen molar-refractivity contribution in [3.63, 3.8) is 0 Å². The van der Waals surface area contributed by atoms with E-state index in [0.29, 0.717) is 24.3 Å². The molecule has 5 heteroatoms. The largest absolute Gasteiger partial charge is 0.494 e. The molecular weight excluding hydrogens is 346 g/mol. The van der Waals surface area contributed by atoms with Gasteiger partial charge in [-0.1, -0.05) is 37.3 Å². The number of amides is 1. The van der Waals surface area contributed by atoms with Crippen LogP contribution in [0.1, 0.15) is 37.3 Å². The normalized spacial score (nSPS) is 12.1. The molecule has 4 nitrogen and oxygen atoms in total. The van der Waals surface area contributed by atoms with Crippen LogP contribution in [0.4, 0.5) is 5.69 Å². The lowest BCUT2D eigenvalue weighted by molar-refractivity contribution is -0.116. The zero-order valence-corrected chi connectivity index (χ0v) is 15.9. The topological polar surface area (TPSA) is 55.4 Å². The van der Waals surface area contributed by atoms with Crippen LogP contribution in [-0.4, -0.2) is 22.1 Å². The van der Waals surface area contributed by atoms with Crippen molar-refractivity contribution in [2.45, 2.75) is 39.0 Å². The number of aryl methyl sites for hydroxylation is 2. The number of benzene rings is 2. The molecule has 26 heavy (non-hydrogen) atoms. The fraction of sp³-hybridized carbons (Fsp3) is 0.333. The van der Waals surface area contributed by atoms with E-state index >= 15 is 0 Å². The third-order valence-electron chi connectivity index (χ3n) is 4.03. The van der Waals surface area contributed by atoms with Gasteiger partial charge in [0.25, 0.3) is 0 Å². The van der Waals surface area contributed by atoms with Gasteiger partial charge in [0.05, 0.1) is 17.9 Å². The summed E-state index contributed by atoms with van der Waals surface area (Å²) in [7, 11) is 0. The summed E-state index contributed by atoms with van der Waals surface area (Å²) in [5.41, 5.74) is 3.41. The molecule has 0 atom stereocenters. The average molecular weight is 372 g/mol. The van der Waals surface area contributed by atoms with Gasteiger partial charge in [-0.25, -0.2) is 4.21 Å². The lowest BCUT2D eigenvalue weighted by Crippen LogP contribution is -2.18. The fourth-order valence-corrected chi connectivity index (χ4v) is 2.83. The first-order valence-electron chi connectivity index (χ1n) is 8.92. The standard InChI is InChI=1S/C13H15NO3S.C8H10/c15-13-6-3-10-9-11(4-5-12(10)14-13)17-7-1-2-8-18-16;1-2-8-6-4-3-5-7-8/h4-5,8-9H,1-3,6-7H2,(H,14,15);3-7H,2H2,1H3. The van der Waals surface area contributed by atoms with Crippen molar-refractivity contribution in [1.29, 1.82) is 0 Å². The minimum atomic E-state index is 0.0711. The summed E-state index contributed by atoms with van der Waals surface area (Å²) in [6.45, 7) is 2.76. The first-order chi connectivity index (χ1) is 12.7. The molecule has 0 aromatic heterocycles. The number of fused-ring (bicyclic) bond motifs is 1. The number of nitrogens with one attached hydrogen (secondary N) is 1. The molecule has 3 rings (SSSR count). The van der Waals surface area contributed by atoms with E-state index in [2.05, 4.69) is 36.5 Å². The molecule has 1 heterocycles. The third-order valence-corrected chi connectivity index (χ3v) is 4.40. The molecule has 0 saturated heterocycles. The molecule has 0 unspecified atom stereocenters. The number of anilines is 1. The molecular formula is C21H25NO3S. The minimum absolute atomic E-state index is 0.0711. The van der Waals surface area contributed by atoms with Crippen LogP contribution >= 0.6 is 0 Å². The summed E-state index contributed by atoms with van der Waals surface area (Å²) in [5, 5.41) is 4.46. The monoisotopic (exact) mass is 371 g/mol. The van der Waals surface area contributed by atoms with E-state index in [1.165, 1.54) is 5.56 Å². The van der Waals surface area contributed by atoms with Gasteiger partial charge in [-0.3, -0.25) is 4.79 Å². The summed E-state index contributed by atoms with van der Waals surface area (Å²) in [4.78, 5) is 11.2. The lowest BCUT2D eigenvalue weighted by Gasteiger charge is -2.17. The van der Waals surface area contributed by atoms with Crippen molar-refractivity contribution in [3.8, 4) is 5.75 Å². The summed E-state index contributed by atoms with van der Waals surface area (Å²) < 4.78 is 15.7. The summed E-state index contributed by atoms with van der Waals surface area (Å²) in [6.07, 6.45) is 4.03. The van der Waals surface area contributed by atoms with Gasteiger partial charge in [0.2, 0.25) is 5.91 Å². The van der Waals surface area contributed by atoms with Gasteiger partial charge in [0, 0.05) is 17.5 Å². The highest BCUT2D eigenvalue weighted by Crippen LogP contribution is 2.26. The predicted molar refractivity (Wildman–Crippen MR) is 108 cm³/mol. The second-order valence-electron chi connectivity index (χ2n) is 5.96. The van der Waals surface area contributed by atoms with Gasteiger partial charge < -0.3 is 10.1 Å². The maximum absolute atomic E-state index is 11.2. The molecule has 0 bridgehead atoms. The van der Waals surface area contributed by atoms with Crippen molar-refractivity contribution < 1.29 is 13.7 Å². The Bertz CT molecular complexity index is 755. The number of rotatable bonds is 6. The Morgan fingerprint density at radius 3 is 2.65 bits per heavy atom. The van der Waals surface area contributed by atoms with Crippen LogP contribution in [-0.2, 0) is 28.9 Å². The van der Waals surface area contributed by atoms with E-state index in [9.17, 15) is 9.00 Å². The molecule has 0 fully saturated rings. The number of hydrogen-bond donors (Lipinski definition) is 1. The van der Waals surface area contributed by atoms with E-state index in [1.54, 1.807) is 5.37 Å². The van der Waals surface area contributed by atoms with Crippen molar-refractivity contribution in [2.24, 2.45) is 0 Å². The quantitative estimate of drug-likeness (QED) is 0.617. The molecule has 0 saturated carbocycles. The Balaban J connectivity index is 0.000000254. The van der Waals surface area contributed by atoms with Crippen LogP contribution in [0.15, 0.2) is 48.5 Å². The van der Waals surface area contributed by atoms with Crippen LogP contribution in [0, 0.1) is 0 Å². The zero-order chi connectivity index (χ0) is 18.6. The van der Waals surface area contributed by atoms with E-state index in [-0.39, 0.29) is 5.91 Å². The molecule has 1 N–H and O–H groups in total. The molecule has 0 spiro atoms. The SMILES string of the molecule is CCc1ccccc1.O=S=CCCCOc1ccc2c(c1)CCC(=O)N2. The van der Waals surface area contributed by atoms with Crippen molar-refractivity contribution in [1.82, 2.24) is 0 Å². The molecule has 1 amide bonds. The van der Waals surface area contributed by atoms with Crippen LogP contribution in [0.5, 0.6) is 5.75 Å². The van der Waals surface area contributed by atoms with E-state index in [1.807, 2.05) is 24.3 Å². The van der Waals surface area contributed by atoms with Gasteiger partial charge >= 0.3 is 0 Å². The molecule has 0 radical (unpaired) electrons. The smallest absolute Gasteiger partial charge is 0.224 e. The fourth-order valence-electron chi connectivity index (χ4n) is 2.57. The maximum atomic E-state index is 11.2. The van der Waals surface area contributed by atoms with Crippen LogP contribution in [0.3, 0.4) is 0 Å². The molecule has 0 aliphatic carbocycles. The van der Waals surface area contributed by atoms with Crippen molar-refractivity contribution >= 4 is 28.2 Å². The summed E-state index contributed by atoms with van der Waals surface area (Å²) in [6, 6.07) is 16.2. The van der Waals surface area contributed by atoms with E-state index < -0.39 is 0 Å². The predicted octanol–water partition coefficient (Wildman–Crippen LogP) is 3.99. The highest BCUT2D eigenvalue weighted by Gasteiger charge is 2.14. The van der Waals surface area contributed by atoms with Gasteiger partial charge in [0.1, 0.15) is 5.75 Å². The summed E-state index contributed by atoms with van der Waals surface area (Å²) >= 11 is 0.496. The zero-order valence-electron chi connectivity index (χ0n) is 15.1. The average Bonchev–Trinajstić information content (AvgIpc) is 2.69. The molecule has 1 aliphatic rings. The van der Waals surface area contributed by atoms with Crippen LogP contribution in [0.25, 0.3) is 0 Å². The Kier molecular flexibility index (Phi) is 8.63. The van der Waals surface area contributed by atoms with Gasteiger partial charge in [-0.15, -0.1) is 0 Å². The van der Waals surface area contributed by atoms with E-state index in [0.717, 1.165) is 42.7 Å². The summed E-state index contributed by atoms with van der Waals surface area (Å²) in [5.74, 6) is 0.890. The Labute approximate surface area is 158 Å².